The van der Waals surface area contributed by atoms with Gasteiger partial charge in [-0.2, -0.15) is 0 Å². The summed E-state index contributed by atoms with van der Waals surface area (Å²) >= 11 is 0. The van der Waals surface area contributed by atoms with Crippen LogP contribution in [0.5, 0.6) is 5.75 Å². The van der Waals surface area contributed by atoms with E-state index < -0.39 is 0 Å². The maximum absolute atomic E-state index is 12.4. The molecule has 2 aromatic carbocycles. The number of nitrogens with zero attached hydrogens (tertiary/aromatic N) is 2. The van der Waals surface area contributed by atoms with Gasteiger partial charge >= 0.3 is 0 Å². The minimum absolute atomic E-state index is 0.0672. The molecule has 0 unspecified atom stereocenters. The van der Waals surface area contributed by atoms with Crippen molar-refractivity contribution in [1.82, 2.24) is 9.80 Å². The molecule has 0 saturated carbocycles. The van der Waals surface area contributed by atoms with Crippen molar-refractivity contribution < 1.29 is 9.53 Å². The number of ether oxygens (including phenoxy) is 1. The number of carbonyl (C=O) groups excluding carboxylic acids is 1. The number of hydrogen-bond donors (Lipinski definition) is 0. The van der Waals surface area contributed by atoms with Crippen molar-refractivity contribution in [2.24, 2.45) is 0 Å². The van der Waals surface area contributed by atoms with Gasteiger partial charge in [-0.1, -0.05) is 36.4 Å². The number of piperazine rings is 1. The number of amides is 1. The van der Waals surface area contributed by atoms with Gasteiger partial charge in [0.15, 0.2) is 6.61 Å². The largest absolute Gasteiger partial charge is 0.484 e. The highest BCUT2D eigenvalue weighted by atomic mass is 16.5. The lowest BCUT2D eigenvalue weighted by Gasteiger charge is -2.34. The zero-order valence-corrected chi connectivity index (χ0v) is 15.1. The maximum Gasteiger partial charge on any atom is 0.260 e. The highest BCUT2D eigenvalue weighted by molar-refractivity contribution is 5.77. The van der Waals surface area contributed by atoms with Crippen LogP contribution < -0.4 is 4.74 Å². The molecule has 0 aliphatic carbocycles. The minimum Gasteiger partial charge on any atom is -0.484 e. The fourth-order valence-electron chi connectivity index (χ4n) is 3.04. The molecule has 132 valence electrons. The summed E-state index contributed by atoms with van der Waals surface area (Å²) in [5.41, 5.74) is 3.73. The average Bonchev–Trinajstić information content (AvgIpc) is 2.64. The SMILES string of the molecule is Cc1ccc(OCC(=O)N2CCN(Cc3ccccc3)CC2)cc1C. The summed E-state index contributed by atoms with van der Waals surface area (Å²) in [4.78, 5) is 16.7. The van der Waals surface area contributed by atoms with Crippen LogP contribution in [0, 0.1) is 13.8 Å². The Hall–Kier alpha value is -2.33. The van der Waals surface area contributed by atoms with Gasteiger partial charge < -0.3 is 9.64 Å². The van der Waals surface area contributed by atoms with Gasteiger partial charge in [0.25, 0.3) is 5.91 Å². The highest BCUT2D eigenvalue weighted by Crippen LogP contribution is 2.16. The molecule has 1 amide bonds. The van der Waals surface area contributed by atoms with Crippen LogP contribution in [-0.2, 0) is 11.3 Å². The quantitative estimate of drug-likeness (QED) is 0.840. The average molecular weight is 338 g/mol. The molecule has 3 rings (SSSR count). The molecule has 1 fully saturated rings. The first kappa shape index (κ1) is 17.5. The molecule has 0 N–H and O–H groups in total. The Morgan fingerprint density at radius 1 is 0.960 bits per heavy atom. The minimum atomic E-state index is 0.0672. The molecule has 4 heteroatoms. The molecule has 1 saturated heterocycles. The van der Waals surface area contributed by atoms with E-state index in [0.29, 0.717) is 0 Å². The van der Waals surface area contributed by atoms with E-state index in [1.165, 1.54) is 16.7 Å². The van der Waals surface area contributed by atoms with Crippen LogP contribution >= 0.6 is 0 Å². The molecule has 4 nitrogen and oxygen atoms in total. The van der Waals surface area contributed by atoms with Crippen molar-refractivity contribution in [1.29, 1.82) is 0 Å². The summed E-state index contributed by atoms with van der Waals surface area (Å²) in [7, 11) is 0. The molecule has 0 spiro atoms. The topological polar surface area (TPSA) is 32.8 Å². The van der Waals surface area contributed by atoms with E-state index in [4.69, 9.17) is 4.74 Å². The summed E-state index contributed by atoms with van der Waals surface area (Å²) in [6.07, 6.45) is 0. The van der Waals surface area contributed by atoms with Gasteiger partial charge in [-0.15, -0.1) is 0 Å². The molecule has 1 aliphatic heterocycles. The third kappa shape index (κ3) is 4.83. The van der Waals surface area contributed by atoms with Crippen LogP contribution in [0.4, 0.5) is 0 Å². The molecule has 0 radical (unpaired) electrons. The molecular weight excluding hydrogens is 312 g/mol. The van der Waals surface area contributed by atoms with Gasteiger partial charge in [0, 0.05) is 32.7 Å². The Bertz CT molecular complexity index is 707. The van der Waals surface area contributed by atoms with Crippen molar-refractivity contribution >= 4 is 5.91 Å². The summed E-state index contributed by atoms with van der Waals surface area (Å²) in [5.74, 6) is 0.830. The third-order valence-corrected chi connectivity index (χ3v) is 4.81. The Morgan fingerprint density at radius 3 is 2.36 bits per heavy atom. The summed E-state index contributed by atoms with van der Waals surface area (Å²) in [6.45, 7) is 8.52. The van der Waals surface area contributed by atoms with E-state index in [2.05, 4.69) is 43.0 Å². The Morgan fingerprint density at radius 2 is 1.68 bits per heavy atom. The van der Waals surface area contributed by atoms with Gasteiger partial charge in [0.2, 0.25) is 0 Å². The maximum atomic E-state index is 12.4. The van der Waals surface area contributed by atoms with E-state index in [0.717, 1.165) is 38.5 Å². The molecule has 1 aliphatic rings. The number of carbonyl (C=O) groups is 1. The zero-order chi connectivity index (χ0) is 17.6. The second kappa shape index (κ2) is 8.17. The van der Waals surface area contributed by atoms with Crippen molar-refractivity contribution in [3.05, 3.63) is 65.2 Å². The molecule has 0 atom stereocenters. The van der Waals surface area contributed by atoms with Gasteiger partial charge in [-0.3, -0.25) is 9.69 Å². The Kier molecular flexibility index (Phi) is 5.71. The van der Waals surface area contributed by atoms with E-state index in [1.54, 1.807) is 0 Å². The second-order valence-corrected chi connectivity index (χ2v) is 6.68. The standard InChI is InChI=1S/C21H26N2O2/c1-17-8-9-20(14-18(17)2)25-16-21(24)23-12-10-22(11-13-23)15-19-6-4-3-5-7-19/h3-9,14H,10-13,15-16H2,1-2H3. The predicted octanol–water partition coefficient (Wildman–Crippen LogP) is 3.03. The van der Waals surface area contributed by atoms with Crippen molar-refractivity contribution in [3.63, 3.8) is 0 Å². The number of hydrogen-bond acceptors (Lipinski definition) is 3. The van der Waals surface area contributed by atoms with Crippen LogP contribution in [0.2, 0.25) is 0 Å². The monoisotopic (exact) mass is 338 g/mol. The fraction of sp³-hybridized carbons (Fsp3) is 0.381. The molecule has 2 aromatic rings. The first-order valence-electron chi connectivity index (χ1n) is 8.86. The smallest absolute Gasteiger partial charge is 0.260 e. The van der Waals surface area contributed by atoms with Crippen LogP contribution in [0.25, 0.3) is 0 Å². The number of aryl methyl sites for hydroxylation is 2. The van der Waals surface area contributed by atoms with E-state index >= 15 is 0 Å². The molecule has 0 bridgehead atoms. The first-order chi connectivity index (χ1) is 12.1. The van der Waals surface area contributed by atoms with Crippen molar-refractivity contribution in [2.75, 3.05) is 32.8 Å². The first-order valence-corrected chi connectivity index (χ1v) is 8.86. The number of benzene rings is 2. The van der Waals surface area contributed by atoms with Crippen LogP contribution in [0.15, 0.2) is 48.5 Å². The van der Waals surface area contributed by atoms with E-state index in [-0.39, 0.29) is 12.5 Å². The van der Waals surface area contributed by atoms with Crippen LogP contribution in [0.3, 0.4) is 0 Å². The lowest BCUT2D eigenvalue weighted by atomic mass is 10.1. The van der Waals surface area contributed by atoms with Crippen molar-refractivity contribution in [3.8, 4) is 5.75 Å². The molecule has 0 aromatic heterocycles. The summed E-state index contributed by atoms with van der Waals surface area (Å²) in [5, 5.41) is 0. The van der Waals surface area contributed by atoms with Gasteiger partial charge in [0.1, 0.15) is 5.75 Å². The lowest BCUT2D eigenvalue weighted by Crippen LogP contribution is -2.49. The van der Waals surface area contributed by atoms with Gasteiger partial charge in [-0.25, -0.2) is 0 Å². The number of rotatable bonds is 5. The normalized spacial score (nSPS) is 15.2. The van der Waals surface area contributed by atoms with Gasteiger partial charge in [-0.05, 0) is 42.7 Å². The molecular formula is C21H26N2O2. The summed E-state index contributed by atoms with van der Waals surface area (Å²) in [6, 6.07) is 16.4. The van der Waals surface area contributed by atoms with Crippen LogP contribution in [0.1, 0.15) is 16.7 Å². The highest BCUT2D eigenvalue weighted by Gasteiger charge is 2.21. The van der Waals surface area contributed by atoms with Crippen LogP contribution in [-0.4, -0.2) is 48.5 Å². The zero-order valence-electron chi connectivity index (χ0n) is 15.1. The summed E-state index contributed by atoms with van der Waals surface area (Å²) < 4.78 is 5.67. The van der Waals surface area contributed by atoms with Gasteiger partial charge in [0.05, 0.1) is 0 Å². The lowest BCUT2D eigenvalue weighted by molar-refractivity contribution is -0.135. The third-order valence-electron chi connectivity index (χ3n) is 4.81. The Labute approximate surface area is 150 Å². The molecule has 25 heavy (non-hydrogen) atoms. The molecule has 1 heterocycles. The fourth-order valence-corrected chi connectivity index (χ4v) is 3.04. The van der Waals surface area contributed by atoms with E-state index in [9.17, 15) is 4.79 Å². The van der Waals surface area contributed by atoms with E-state index in [1.807, 2.05) is 29.2 Å². The Balaban J connectivity index is 1.44. The predicted molar refractivity (Wildman–Crippen MR) is 99.7 cm³/mol. The van der Waals surface area contributed by atoms with Crippen molar-refractivity contribution in [2.45, 2.75) is 20.4 Å². The second-order valence-electron chi connectivity index (χ2n) is 6.68.